The third-order valence-corrected chi connectivity index (χ3v) is 6.14. The molecule has 34 heavy (non-hydrogen) atoms. The van der Waals surface area contributed by atoms with Crippen molar-refractivity contribution < 1.29 is 38.1 Å². The number of aliphatic hydroxyl groups is 1. The summed E-state index contributed by atoms with van der Waals surface area (Å²) < 4.78 is 34.9. The van der Waals surface area contributed by atoms with E-state index in [0.29, 0.717) is 12.8 Å². The Morgan fingerprint density at radius 1 is 1.03 bits per heavy atom. The quantitative estimate of drug-likeness (QED) is 0.443. The number of hydrogen-bond donors (Lipinski definition) is 4. The Morgan fingerprint density at radius 3 is 2.12 bits per heavy atom. The maximum atomic E-state index is 14.8. The van der Waals surface area contributed by atoms with E-state index in [1.54, 1.807) is 5.32 Å². The number of fused-ring (bicyclic) bond motifs is 3. The van der Waals surface area contributed by atoms with Crippen LogP contribution in [0.5, 0.6) is 0 Å². The van der Waals surface area contributed by atoms with Crippen molar-refractivity contribution in [2.24, 2.45) is 5.92 Å². The fraction of sp³-hybridized carbons (Fsp3) is 0.375. The van der Waals surface area contributed by atoms with Gasteiger partial charge in [0.05, 0.1) is 6.54 Å². The van der Waals surface area contributed by atoms with Crippen molar-refractivity contribution in [2.45, 2.75) is 36.8 Å². The molecule has 0 aromatic heterocycles. The molecule has 0 heterocycles. The average molecular weight is 474 g/mol. The number of carbonyl (C=O) groups is 3. The largest absolute Gasteiger partial charge is 0.479 e. The number of carboxylic acids is 1. The summed E-state index contributed by atoms with van der Waals surface area (Å²) in [6.45, 7) is -0.952. The summed E-state index contributed by atoms with van der Waals surface area (Å²) >= 11 is 0. The molecule has 2 unspecified atom stereocenters. The molecule has 8 nitrogen and oxygen atoms in total. The third kappa shape index (κ3) is 4.72. The van der Waals surface area contributed by atoms with Gasteiger partial charge < -0.3 is 25.6 Å². The Balaban J connectivity index is 1.40. The second kappa shape index (κ2) is 9.38. The highest BCUT2D eigenvalue weighted by Gasteiger charge is 2.54. The first-order chi connectivity index (χ1) is 16.2. The second-order valence-corrected chi connectivity index (χ2v) is 8.47. The van der Waals surface area contributed by atoms with Crippen LogP contribution in [0.1, 0.15) is 29.9 Å². The molecule has 0 aliphatic heterocycles. The number of rotatable bonds is 9. The number of aliphatic carboxylic acids is 1. The SMILES string of the molecule is O=C(NC(C1CC1)C(F)(F)C(=O)NCC(O)C(=O)O)OCC1c2ccccc2-c2ccccc21. The molecule has 2 atom stereocenters. The zero-order chi connectivity index (χ0) is 24.5. The highest BCUT2D eigenvalue weighted by molar-refractivity contribution is 5.86. The van der Waals surface area contributed by atoms with Gasteiger partial charge in [-0.2, -0.15) is 8.78 Å². The highest BCUT2D eigenvalue weighted by atomic mass is 19.3. The summed E-state index contributed by atoms with van der Waals surface area (Å²) in [4.78, 5) is 35.1. The van der Waals surface area contributed by atoms with Gasteiger partial charge in [-0.25, -0.2) is 9.59 Å². The van der Waals surface area contributed by atoms with Gasteiger partial charge >= 0.3 is 18.0 Å². The minimum atomic E-state index is -4.02. The molecular formula is C24H24F2N2O6. The topological polar surface area (TPSA) is 125 Å². The molecule has 1 saturated carbocycles. The van der Waals surface area contributed by atoms with Crippen LogP contribution in [0.3, 0.4) is 0 Å². The number of benzene rings is 2. The summed E-state index contributed by atoms with van der Waals surface area (Å²) in [7, 11) is 0. The average Bonchev–Trinajstić information content (AvgIpc) is 3.61. The lowest BCUT2D eigenvalue weighted by molar-refractivity contribution is -0.153. The lowest BCUT2D eigenvalue weighted by atomic mass is 9.98. The smallest absolute Gasteiger partial charge is 0.407 e. The molecule has 2 aliphatic carbocycles. The Morgan fingerprint density at radius 2 is 1.59 bits per heavy atom. The van der Waals surface area contributed by atoms with E-state index in [1.807, 2.05) is 48.5 Å². The van der Waals surface area contributed by atoms with Gasteiger partial charge in [-0.1, -0.05) is 48.5 Å². The maximum absolute atomic E-state index is 14.8. The zero-order valence-electron chi connectivity index (χ0n) is 18.0. The summed E-state index contributed by atoms with van der Waals surface area (Å²) in [6.07, 6.45) is -2.30. The number of halogens is 2. The van der Waals surface area contributed by atoms with Crippen LogP contribution in [-0.2, 0) is 14.3 Å². The molecule has 2 aromatic rings. The molecular weight excluding hydrogens is 450 g/mol. The molecule has 0 spiro atoms. The summed E-state index contributed by atoms with van der Waals surface area (Å²) in [5.41, 5.74) is 3.98. The number of carboxylic acid groups (broad SMARTS) is 1. The van der Waals surface area contributed by atoms with E-state index in [-0.39, 0.29) is 12.5 Å². The molecule has 2 aliphatic rings. The van der Waals surface area contributed by atoms with Crippen LogP contribution in [-0.4, -0.2) is 59.4 Å². The van der Waals surface area contributed by atoms with Gasteiger partial charge in [0.15, 0.2) is 6.10 Å². The third-order valence-electron chi connectivity index (χ3n) is 6.14. The number of ether oxygens (including phenoxy) is 1. The van der Waals surface area contributed by atoms with Gasteiger partial charge in [0.2, 0.25) is 0 Å². The van der Waals surface area contributed by atoms with Gasteiger partial charge in [0.25, 0.3) is 5.91 Å². The predicted molar refractivity (Wildman–Crippen MR) is 116 cm³/mol. The number of carbonyl (C=O) groups excluding carboxylic acids is 2. The van der Waals surface area contributed by atoms with Crippen molar-refractivity contribution >= 4 is 18.0 Å². The van der Waals surface area contributed by atoms with Gasteiger partial charge in [-0.15, -0.1) is 0 Å². The number of alkyl carbamates (subject to hydrolysis) is 1. The molecule has 4 N–H and O–H groups in total. The monoisotopic (exact) mass is 474 g/mol. The van der Waals surface area contributed by atoms with E-state index < -0.39 is 48.5 Å². The van der Waals surface area contributed by atoms with Crippen molar-refractivity contribution in [3.63, 3.8) is 0 Å². The second-order valence-electron chi connectivity index (χ2n) is 8.47. The van der Waals surface area contributed by atoms with Crippen molar-refractivity contribution in [3.05, 3.63) is 59.7 Å². The number of amides is 2. The molecule has 2 aromatic carbocycles. The standard InChI is InChI=1S/C24H24F2N2O6/c25-24(26,22(32)27-11-19(29)21(30)31)20(13-9-10-13)28-23(33)34-12-18-16-7-3-1-5-14(16)15-6-2-4-8-17(15)18/h1-8,13,18-20,29H,9-12H2,(H,27,32)(H,28,33)(H,30,31). The van der Waals surface area contributed by atoms with Crippen molar-refractivity contribution in [3.8, 4) is 11.1 Å². The molecule has 1 fully saturated rings. The number of hydrogen-bond acceptors (Lipinski definition) is 5. The van der Waals surface area contributed by atoms with Crippen molar-refractivity contribution in [2.75, 3.05) is 13.2 Å². The first-order valence-corrected chi connectivity index (χ1v) is 10.9. The van der Waals surface area contributed by atoms with E-state index >= 15 is 0 Å². The van der Waals surface area contributed by atoms with E-state index in [9.17, 15) is 28.3 Å². The van der Waals surface area contributed by atoms with Crippen LogP contribution >= 0.6 is 0 Å². The Bertz CT molecular complexity index is 1060. The van der Waals surface area contributed by atoms with Gasteiger partial charge in [-0.05, 0) is 41.0 Å². The van der Waals surface area contributed by atoms with Gasteiger partial charge in [-0.3, -0.25) is 4.79 Å². The maximum Gasteiger partial charge on any atom is 0.407 e. The molecule has 4 rings (SSSR count). The van der Waals surface area contributed by atoms with E-state index in [4.69, 9.17) is 9.84 Å². The zero-order valence-corrected chi connectivity index (χ0v) is 18.0. The lowest BCUT2D eigenvalue weighted by Crippen LogP contribution is -2.57. The fourth-order valence-electron chi connectivity index (χ4n) is 4.24. The Hall–Kier alpha value is -3.53. The highest BCUT2D eigenvalue weighted by Crippen LogP contribution is 2.44. The van der Waals surface area contributed by atoms with Crippen LogP contribution < -0.4 is 10.6 Å². The number of nitrogens with one attached hydrogen (secondary N) is 2. The Kier molecular flexibility index (Phi) is 6.52. The lowest BCUT2D eigenvalue weighted by Gasteiger charge is -2.27. The van der Waals surface area contributed by atoms with E-state index in [0.717, 1.165) is 22.3 Å². The first-order valence-electron chi connectivity index (χ1n) is 10.9. The Labute approximate surface area is 193 Å². The van der Waals surface area contributed by atoms with Crippen LogP contribution in [0.15, 0.2) is 48.5 Å². The molecule has 0 bridgehead atoms. The molecule has 0 radical (unpaired) electrons. The molecule has 180 valence electrons. The first kappa shape index (κ1) is 23.6. The van der Waals surface area contributed by atoms with E-state index in [2.05, 4.69) is 5.32 Å². The van der Waals surface area contributed by atoms with Crippen LogP contribution in [0.2, 0.25) is 0 Å². The minimum Gasteiger partial charge on any atom is -0.479 e. The predicted octanol–water partition coefficient (Wildman–Crippen LogP) is 2.50. The molecule has 2 amide bonds. The number of aliphatic hydroxyl groups excluding tert-OH is 1. The summed E-state index contributed by atoms with van der Waals surface area (Å²) in [5, 5.41) is 21.7. The minimum absolute atomic E-state index is 0.0696. The van der Waals surface area contributed by atoms with Gasteiger partial charge in [0.1, 0.15) is 12.6 Å². The van der Waals surface area contributed by atoms with Gasteiger partial charge in [0, 0.05) is 5.92 Å². The fourth-order valence-corrected chi connectivity index (χ4v) is 4.24. The van der Waals surface area contributed by atoms with Crippen LogP contribution in [0.4, 0.5) is 13.6 Å². The summed E-state index contributed by atoms with van der Waals surface area (Å²) in [6, 6.07) is 13.6. The van der Waals surface area contributed by atoms with Crippen LogP contribution in [0.25, 0.3) is 11.1 Å². The number of alkyl halides is 2. The molecule has 0 saturated heterocycles. The summed E-state index contributed by atoms with van der Waals surface area (Å²) in [5.74, 6) is -8.32. The van der Waals surface area contributed by atoms with E-state index in [1.165, 1.54) is 0 Å². The van der Waals surface area contributed by atoms with Crippen LogP contribution in [0, 0.1) is 5.92 Å². The molecule has 10 heteroatoms. The normalized spacial score (nSPS) is 16.7. The van der Waals surface area contributed by atoms with Crippen molar-refractivity contribution in [1.82, 2.24) is 10.6 Å². The van der Waals surface area contributed by atoms with Crippen molar-refractivity contribution in [1.29, 1.82) is 0 Å².